The average molecular weight is 351 g/mol. The second kappa shape index (κ2) is 5.95. The van der Waals surface area contributed by atoms with E-state index >= 15 is 0 Å². The molecule has 2 aromatic rings. The van der Waals surface area contributed by atoms with Crippen LogP contribution >= 0.6 is 11.6 Å². The van der Waals surface area contributed by atoms with Crippen molar-refractivity contribution >= 4 is 28.4 Å². The number of amides is 1. The van der Waals surface area contributed by atoms with E-state index in [1.165, 1.54) is 12.1 Å². The lowest BCUT2D eigenvalue weighted by molar-refractivity contribution is -0.181. The third kappa shape index (κ3) is 2.75. The average Bonchev–Trinajstić information content (AvgIpc) is 3.02. The van der Waals surface area contributed by atoms with Crippen molar-refractivity contribution < 1.29 is 18.7 Å². The van der Waals surface area contributed by atoms with Gasteiger partial charge in [0.25, 0.3) is 5.91 Å². The van der Waals surface area contributed by atoms with Gasteiger partial charge in [0.2, 0.25) is 0 Å². The number of halogens is 2. The van der Waals surface area contributed by atoms with Gasteiger partial charge in [-0.2, -0.15) is 0 Å². The van der Waals surface area contributed by atoms with Crippen molar-refractivity contribution in [3.63, 3.8) is 0 Å². The highest BCUT2D eigenvalue weighted by Gasteiger charge is 2.41. The molecule has 4 rings (SSSR count). The van der Waals surface area contributed by atoms with Gasteiger partial charge in [0, 0.05) is 37.4 Å². The SMILES string of the molecule is O=C(c1cc2ccc(F)cc2nc1Cl)N1CCC2(CC1)OCCO2. The van der Waals surface area contributed by atoms with Crippen molar-refractivity contribution in [1.82, 2.24) is 9.88 Å². The lowest BCUT2D eigenvalue weighted by Crippen LogP contribution is -2.47. The lowest BCUT2D eigenvalue weighted by atomic mass is 10.0. The Labute approximate surface area is 143 Å². The number of hydrogen-bond donors (Lipinski definition) is 0. The molecule has 0 radical (unpaired) electrons. The molecular formula is C17H16ClFN2O3. The molecule has 24 heavy (non-hydrogen) atoms. The molecule has 2 saturated heterocycles. The maximum atomic E-state index is 13.3. The van der Waals surface area contributed by atoms with Gasteiger partial charge in [-0.25, -0.2) is 9.37 Å². The number of benzene rings is 1. The Bertz CT molecular complexity index is 798. The van der Waals surface area contributed by atoms with Crippen LogP contribution in [0.5, 0.6) is 0 Å². The third-order valence-electron chi connectivity index (χ3n) is 4.59. The minimum atomic E-state index is -0.528. The Morgan fingerprint density at radius 3 is 2.62 bits per heavy atom. The summed E-state index contributed by atoms with van der Waals surface area (Å²) in [5.41, 5.74) is 0.766. The van der Waals surface area contributed by atoms with Crippen molar-refractivity contribution in [2.75, 3.05) is 26.3 Å². The fourth-order valence-electron chi connectivity index (χ4n) is 3.27. The smallest absolute Gasteiger partial charge is 0.257 e. The van der Waals surface area contributed by atoms with Crippen molar-refractivity contribution in [1.29, 1.82) is 0 Å². The number of carbonyl (C=O) groups is 1. The topological polar surface area (TPSA) is 51.7 Å². The highest BCUT2D eigenvalue weighted by atomic mass is 35.5. The first kappa shape index (κ1) is 15.7. The summed E-state index contributed by atoms with van der Waals surface area (Å²) in [5, 5.41) is 0.770. The minimum Gasteiger partial charge on any atom is -0.347 e. The first-order valence-electron chi connectivity index (χ1n) is 7.89. The van der Waals surface area contributed by atoms with Crippen molar-refractivity contribution in [3.05, 3.63) is 40.8 Å². The van der Waals surface area contributed by atoms with E-state index in [1.54, 1.807) is 17.0 Å². The van der Waals surface area contributed by atoms with Gasteiger partial charge in [0.1, 0.15) is 11.0 Å². The van der Waals surface area contributed by atoms with Crippen LogP contribution in [0.15, 0.2) is 24.3 Å². The van der Waals surface area contributed by atoms with E-state index in [-0.39, 0.29) is 16.9 Å². The van der Waals surface area contributed by atoms with Crippen LogP contribution in [0.25, 0.3) is 10.9 Å². The molecule has 2 aliphatic heterocycles. The summed E-state index contributed by atoms with van der Waals surface area (Å²) >= 11 is 6.16. The number of piperidine rings is 1. The zero-order valence-corrected chi connectivity index (χ0v) is 13.7. The van der Waals surface area contributed by atoms with Crippen molar-refractivity contribution in [3.8, 4) is 0 Å². The molecule has 0 atom stereocenters. The van der Waals surface area contributed by atoms with Crippen LogP contribution in [0, 0.1) is 5.82 Å². The van der Waals surface area contributed by atoms with E-state index in [1.807, 2.05) is 0 Å². The number of ether oxygens (including phenoxy) is 2. The Morgan fingerprint density at radius 1 is 1.21 bits per heavy atom. The van der Waals surface area contributed by atoms with Crippen molar-refractivity contribution in [2.45, 2.75) is 18.6 Å². The van der Waals surface area contributed by atoms with E-state index < -0.39 is 5.79 Å². The molecule has 2 aliphatic rings. The highest BCUT2D eigenvalue weighted by Crippen LogP contribution is 2.32. The van der Waals surface area contributed by atoms with E-state index in [0.29, 0.717) is 55.6 Å². The molecule has 0 saturated carbocycles. The zero-order chi connectivity index (χ0) is 16.7. The Hall–Kier alpha value is -1.76. The molecule has 1 spiro atoms. The normalized spacial score (nSPS) is 20.0. The highest BCUT2D eigenvalue weighted by molar-refractivity contribution is 6.33. The number of carbonyl (C=O) groups excluding carboxylic acids is 1. The van der Waals surface area contributed by atoms with E-state index in [0.717, 1.165) is 0 Å². The number of likely N-dealkylation sites (tertiary alicyclic amines) is 1. The molecule has 1 amide bonds. The number of nitrogens with zero attached hydrogens (tertiary/aromatic N) is 2. The maximum Gasteiger partial charge on any atom is 0.257 e. The summed E-state index contributed by atoms with van der Waals surface area (Å²) < 4.78 is 24.6. The van der Waals surface area contributed by atoms with Crippen LogP contribution in [0.4, 0.5) is 4.39 Å². The van der Waals surface area contributed by atoms with E-state index in [4.69, 9.17) is 21.1 Å². The first-order valence-corrected chi connectivity index (χ1v) is 8.27. The fourth-order valence-corrected chi connectivity index (χ4v) is 3.50. The van der Waals surface area contributed by atoms with Gasteiger partial charge in [-0.3, -0.25) is 4.79 Å². The van der Waals surface area contributed by atoms with Gasteiger partial charge in [-0.15, -0.1) is 0 Å². The number of rotatable bonds is 1. The summed E-state index contributed by atoms with van der Waals surface area (Å²) in [7, 11) is 0. The molecule has 0 unspecified atom stereocenters. The molecule has 3 heterocycles. The van der Waals surface area contributed by atoms with Gasteiger partial charge in [0.15, 0.2) is 5.79 Å². The summed E-state index contributed by atoms with van der Waals surface area (Å²) in [5.74, 6) is -1.09. The van der Waals surface area contributed by atoms with Crippen LogP contribution < -0.4 is 0 Å². The molecule has 2 fully saturated rings. The molecule has 1 aromatic carbocycles. The predicted molar refractivity (Wildman–Crippen MR) is 86.5 cm³/mol. The minimum absolute atomic E-state index is 0.0896. The summed E-state index contributed by atoms with van der Waals surface area (Å²) in [6, 6.07) is 5.90. The fraction of sp³-hybridized carbons (Fsp3) is 0.412. The lowest BCUT2D eigenvalue weighted by Gasteiger charge is -2.37. The Morgan fingerprint density at radius 2 is 1.92 bits per heavy atom. The maximum absolute atomic E-state index is 13.3. The molecule has 1 aromatic heterocycles. The van der Waals surface area contributed by atoms with Gasteiger partial charge in [0.05, 0.1) is 24.3 Å². The first-order chi connectivity index (χ1) is 11.6. The monoisotopic (exact) mass is 350 g/mol. The van der Waals surface area contributed by atoms with E-state index in [9.17, 15) is 9.18 Å². The molecule has 5 nitrogen and oxygen atoms in total. The second-order valence-corrected chi connectivity index (χ2v) is 6.42. The van der Waals surface area contributed by atoms with Crippen LogP contribution in [-0.4, -0.2) is 47.9 Å². The van der Waals surface area contributed by atoms with Crippen LogP contribution in [0.3, 0.4) is 0 Å². The third-order valence-corrected chi connectivity index (χ3v) is 4.88. The molecular weight excluding hydrogens is 335 g/mol. The second-order valence-electron chi connectivity index (χ2n) is 6.06. The largest absolute Gasteiger partial charge is 0.347 e. The van der Waals surface area contributed by atoms with Gasteiger partial charge < -0.3 is 14.4 Å². The quantitative estimate of drug-likeness (QED) is 0.742. The van der Waals surface area contributed by atoms with Gasteiger partial charge in [-0.05, 0) is 18.2 Å². The molecule has 0 bridgehead atoms. The van der Waals surface area contributed by atoms with Crippen molar-refractivity contribution in [2.24, 2.45) is 0 Å². The molecule has 0 N–H and O–H groups in total. The zero-order valence-electron chi connectivity index (χ0n) is 12.9. The number of pyridine rings is 1. The van der Waals surface area contributed by atoms with Crippen LogP contribution in [-0.2, 0) is 9.47 Å². The molecule has 0 aliphatic carbocycles. The number of hydrogen-bond acceptors (Lipinski definition) is 4. The molecule has 7 heteroatoms. The number of aromatic nitrogens is 1. The Balaban J connectivity index is 1.57. The predicted octanol–water partition coefficient (Wildman–Crippen LogP) is 3.01. The standard InChI is InChI=1S/C17H16ClFN2O3/c18-15-13(9-11-1-2-12(19)10-14(11)20-15)16(22)21-5-3-17(4-6-21)23-7-8-24-17/h1-2,9-10H,3-8H2. The molecule has 126 valence electrons. The summed E-state index contributed by atoms with van der Waals surface area (Å²) in [6.07, 6.45) is 1.28. The summed E-state index contributed by atoms with van der Waals surface area (Å²) in [4.78, 5) is 18.7. The van der Waals surface area contributed by atoms with E-state index in [2.05, 4.69) is 4.98 Å². The van der Waals surface area contributed by atoms with Gasteiger partial charge >= 0.3 is 0 Å². The summed E-state index contributed by atoms with van der Waals surface area (Å²) in [6.45, 7) is 2.28. The van der Waals surface area contributed by atoms with Crippen LogP contribution in [0.1, 0.15) is 23.2 Å². The number of fused-ring (bicyclic) bond motifs is 1. The van der Waals surface area contributed by atoms with Crippen LogP contribution in [0.2, 0.25) is 5.15 Å². The Kier molecular flexibility index (Phi) is 3.90. The van der Waals surface area contributed by atoms with Gasteiger partial charge in [-0.1, -0.05) is 11.6 Å².